The van der Waals surface area contributed by atoms with Crippen molar-refractivity contribution in [3.63, 3.8) is 0 Å². The van der Waals surface area contributed by atoms with Crippen molar-refractivity contribution in [3.8, 4) is 24.3 Å². The van der Waals surface area contributed by atoms with E-state index in [1.54, 1.807) is 37.3 Å². The minimum Gasteiger partial charge on any atom is -0.192 e. The van der Waals surface area contributed by atoms with Gasteiger partial charge in [0.05, 0.1) is 0 Å². The monoisotopic (exact) mass is 294 g/mol. The molecule has 0 heterocycles. The maximum atomic E-state index is 9.27. The molecule has 4 nitrogen and oxygen atoms in total. The quantitative estimate of drug-likeness (QED) is 0.704. The zero-order valence-electron chi connectivity index (χ0n) is 12.4. The molecule has 2 rings (SSSR count). The highest BCUT2D eigenvalue weighted by atomic mass is 14.3. The first kappa shape index (κ1) is 15.5. The van der Waals surface area contributed by atoms with Crippen molar-refractivity contribution < 1.29 is 0 Å². The molecule has 0 aliphatic heterocycles. The third kappa shape index (κ3) is 2.32. The molecule has 2 aromatic rings. The second kappa shape index (κ2) is 6.28. The predicted molar refractivity (Wildman–Crippen MR) is 87.4 cm³/mol. The molecule has 0 unspecified atom stereocenters. The molecule has 0 amide bonds. The van der Waals surface area contributed by atoms with Gasteiger partial charge in [-0.3, -0.25) is 0 Å². The number of benzene rings is 2. The Morgan fingerprint density at radius 1 is 0.870 bits per heavy atom. The summed E-state index contributed by atoms with van der Waals surface area (Å²) in [7, 11) is 0. The summed E-state index contributed by atoms with van der Waals surface area (Å²) >= 11 is 0. The van der Waals surface area contributed by atoms with Crippen LogP contribution in [0.15, 0.2) is 24.3 Å². The van der Waals surface area contributed by atoms with Gasteiger partial charge in [-0.25, -0.2) is 0 Å². The highest BCUT2D eigenvalue weighted by Crippen LogP contribution is 2.04. The van der Waals surface area contributed by atoms with Gasteiger partial charge in [0.2, 0.25) is 0 Å². The summed E-state index contributed by atoms with van der Waals surface area (Å²) in [6.45, 7) is 5.74. The van der Waals surface area contributed by atoms with Crippen LogP contribution in [0.3, 0.4) is 0 Å². The Morgan fingerprint density at radius 3 is 1.74 bits per heavy atom. The van der Waals surface area contributed by atoms with Gasteiger partial charge >= 0.3 is 0 Å². The summed E-state index contributed by atoms with van der Waals surface area (Å²) in [6, 6.07) is 14.7. The van der Waals surface area contributed by atoms with E-state index in [0.717, 1.165) is 0 Å². The van der Waals surface area contributed by atoms with E-state index in [9.17, 15) is 21.0 Å². The topological polar surface area (TPSA) is 95.2 Å². The van der Waals surface area contributed by atoms with E-state index in [1.165, 1.54) is 0 Å². The zero-order valence-corrected chi connectivity index (χ0v) is 12.4. The minimum absolute atomic E-state index is 0.0267. The van der Waals surface area contributed by atoms with E-state index in [-0.39, 0.29) is 11.1 Å². The van der Waals surface area contributed by atoms with E-state index >= 15 is 0 Å². The Bertz CT molecular complexity index is 1190. The maximum absolute atomic E-state index is 9.27. The molecule has 106 valence electrons. The fourth-order valence-corrected chi connectivity index (χ4v) is 2.66. The molecular weight excluding hydrogens is 284 g/mol. The normalized spacial score (nSPS) is 10.2. The molecule has 0 atom stereocenters. The van der Waals surface area contributed by atoms with E-state index < -0.39 is 0 Å². The van der Waals surface area contributed by atoms with Crippen LogP contribution < -0.4 is 20.9 Å². The largest absolute Gasteiger partial charge is 0.192 e. The molecular formula is C19H10N4. The van der Waals surface area contributed by atoms with Crippen LogP contribution in [-0.4, -0.2) is 0 Å². The molecule has 4 heteroatoms. The molecule has 2 aromatic carbocycles. The van der Waals surface area contributed by atoms with Crippen molar-refractivity contribution in [3.05, 3.63) is 45.1 Å². The molecule has 0 aromatic heterocycles. The first-order chi connectivity index (χ1) is 11.1. The van der Waals surface area contributed by atoms with Crippen LogP contribution in [0.2, 0.25) is 0 Å². The van der Waals surface area contributed by atoms with Crippen molar-refractivity contribution in [2.75, 3.05) is 0 Å². The summed E-state index contributed by atoms with van der Waals surface area (Å²) in [5.41, 5.74) is -0.0717. The van der Waals surface area contributed by atoms with Gasteiger partial charge in [-0.05, 0) is 28.1 Å². The van der Waals surface area contributed by atoms with E-state index in [4.69, 9.17) is 0 Å². The van der Waals surface area contributed by atoms with Crippen LogP contribution in [0.25, 0.3) is 34.6 Å². The van der Waals surface area contributed by atoms with Gasteiger partial charge in [-0.2, -0.15) is 21.0 Å². The fraction of sp³-hybridized carbons (Fsp3) is 0.0526. The molecule has 0 bridgehead atoms. The van der Waals surface area contributed by atoms with Crippen molar-refractivity contribution in [2.45, 2.75) is 6.92 Å². The molecule has 0 N–H and O–H groups in total. The third-order valence-corrected chi connectivity index (χ3v) is 3.60. The third-order valence-electron chi connectivity index (χ3n) is 3.60. The minimum atomic E-state index is -0.0451. The molecule has 23 heavy (non-hydrogen) atoms. The Kier molecular flexibility index (Phi) is 4.24. The van der Waals surface area contributed by atoms with Gasteiger partial charge in [0, 0.05) is 10.4 Å². The fourth-order valence-electron chi connectivity index (χ4n) is 2.66. The lowest BCUT2D eigenvalue weighted by molar-refractivity contribution is 1.42. The number of nitrogens with zero attached hydrogens (tertiary/aromatic N) is 4. The smallest absolute Gasteiger partial charge is 0.138 e. The van der Waals surface area contributed by atoms with Gasteiger partial charge in [0.25, 0.3) is 0 Å². The Labute approximate surface area is 132 Å². The average molecular weight is 294 g/mol. The van der Waals surface area contributed by atoms with E-state index in [2.05, 4.69) is 6.58 Å². The summed E-state index contributed by atoms with van der Waals surface area (Å²) in [6.07, 6.45) is 1.73. The van der Waals surface area contributed by atoms with Gasteiger partial charge in [0.1, 0.15) is 35.4 Å². The highest BCUT2D eigenvalue weighted by molar-refractivity contribution is 5.92. The summed E-state index contributed by atoms with van der Waals surface area (Å²) in [4.78, 5) is 0. The molecule has 0 saturated carbocycles. The lowest BCUT2D eigenvalue weighted by Crippen LogP contribution is -2.49. The summed E-state index contributed by atoms with van der Waals surface area (Å²) in [5.74, 6) is 0. The first-order valence-electron chi connectivity index (χ1n) is 6.69. The predicted octanol–water partition coefficient (Wildman–Crippen LogP) is 0.446. The van der Waals surface area contributed by atoms with Gasteiger partial charge < -0.3 is 0 Å². The highest BCUT2D eigenvalue weighted by Gasteiger charge is 2.08. The lowest BCUT2D eigenvalue weighted by Gasteiger charge is -2.04. The lowest BCUT2D eigenvalue weighted by atomic mass is 9.97. The summed E-state index contributed by atoms with van der Waals surface area (Å²) < 4.78 is 0. The summed E-state index contributed by atoms with van der Waals surface area (Å²) in [5, 5.41) is 40.3. The Morgan fingerprint density at radius 2 is 1.30 bits per heavy atom. The van der Waals surface area contributed by atoms with Crippen LogP contribution >= 0.6 is 0 Å². The second-order valence-corrected chi connectivity index (χ2v) is 4.67. The number of hydrogen-bond donors (Lipinski definition) is 0. The molecule has 0 spiro atoms. The van der Waals surface area contributed by atoms with E-state index in [1.807, 2.05) is 24.3 Å². The molecule has 0 fully saturated rings. The Balaban J connectivity index is 3.59. The molecule has 0 aliphatic carbocycles. The van der Waals surface area contributed by atoms with Gasteiger partial charge in [0.15, 0.2) is 0 Å². The van der Waals surface area contributed by atoms with Crippen LogP contribution in [0, 0.1) is 45.3 Å². The maximum Gasteiger partial charge on any atom is 0.138 e. The standard InChI is InChI=1S/C19H10N4/c1-3-15-12(2)18(13(8-20)9-21)16-6-4-5-7-17(16)19(15)14(10-22)11-23/h3-7H,2H2,1H3/b15-3+. The van der Waals surface area contributed by atoms with Crippen molar-refractivity contribution in [1.82, 2.24) is 0 Å². The van der Waals surface area contributed by atoms with Gasteiger partial charge in [-0.15, -0.1) is 0 Å². The first-order valence-corrected chi connectivity index (χ1v) is 6.69. The van der Waals surface area contributed by atoms with Gasteiger partial charge in [-0.1, -0.05) is 36.9 Å². The zero-order chi connectivity index (χ0) is 17.0. The molecule has 0 radical (unpaired) electrons. The van der Waals surface area contributed by atoms with Crippen LogP contribution in [0.1, 0.15) is 6.92 Å². The Hall–Kier alpha value is -3.86. The second-order valence-electron chi connectivity index (χ2n) is 4.67. The molecule has 0 aliphatic rings. The number of hydrogen-bond acceptors (Lipinski definition) is 4. The SMILES string of the molecule is C=c1c(=C(C#N)C#N)c2ccccc2c(=C(C#N)C#N)/c1=C/C. The number of rotatable bonds is 0. The van der Waals surface area contributed by atoms with Crippen molar-refractivity contribution in [1.29, 1.82) is 21.0 Å². The van der Waals surface area contributed by atoms with Crippen LogP contribution in [0.4, 0.5) is 0 Å². The number of nitriles is 4. The van der Waals surface area contributed by atoms with E-state index in [0.29, 0.717) is 31.6 Å². The number of fused-ring (bicyclic) bond motifs is 1. The average Bonchev–Trinajstić information content (AvgIpc) is 2.59. The van der Waals surface area contributed by atoms with Crippen LogP contribution in [0.5, 0.6) is 0 Å². The van der Waals surface area contributed by atoms with Crippen molar-refractivity contribution >= 4 is 34.6 Å². The van der Waals surface area contributed by atoms with Crippen molar-refractivity contribution in [2.24, 2.45) is 0 Å². The molecule has 0 saturated heterocycles. The van der Waals surface area contributed by atoms with Crippen LogP contribution in [-0.2, 0) is 0 Å².